The molecule has 5 nitrogen and oxygen atoms in total. The van der Waals surface area contributed by atoms with Crippen molar-refractivity contribution in [3.05, 3.63) is 115 Å². The third-order valence-corrected chi connectivity index (χ3v) is 4.93. The highest BCUT2D eigenvalue weighted by atomic mass is 31.2. The Morgan fingerprint density at radius 2 is 0.871 bits per heavy atom. The third-order valence-electron chi connectivity index (χ3n) is 3.85. The van der Waals surface area contributed by atoms with E-state index in [1.807, 2.05) is 91.0 Å². The Morgan fingerprint density at radius 3 is 1.19 bits per heavy atom. The van der Waals surface area contributed by atoms with Crippen LogP contribution in [0.1, 0.15) is 0 Å². The van der Waals surface area contributed by atoms with Gasteiger partial charge in [-0.25, -0.2) is 0 Å². The SMILES string of the molecule is COc1ccccc1O.c1ccc(OP(Oc2ccccc2)Oc2ccccc2)cc1. The van der Waals surface area contributed by atoms with Crippen LogP contribution >= 0.6 is 8.60 Å². The zero-order chi connectivity index (χ0) is 21.7. The molecule has 4 rings (SSSR count). The zero-order valence-corrected chi connectivity index (χ0v) is 17.9. The van der Waals surface area contributed by atoms with Gasteiger partial charge in [0.2, 0.25) is 0 Å². The van der Waals surface area contributed by atoms with Gasteiger partial charge in [-0.1, -0.05) is 66.7 Å². The van der Waals surface area contributed by atoms with Crippen LogP contribution in [0.25, 0.3) is 0 Å². The summed E-state index contributed by atoms with van der Waals surface area (Å²) in [7, 11) is -0.0666. The lowest BCUT2D eigenvalue weighted by Crippen LogP contribution is -2.02. The van der Waals surface area contributed by atoms with E-state index in [4.69, 9.17) is 23.4 Å². The fraction of sp³-hybridized carbons (Fsp3) is 0.0400. The van der Waals surface area contributed by atoms with E-state index < -0.39 is 8.60 Å². The Kier molecular flexibility index (Phi) is 8.59. The molecule has 0 unspecified atom stereocenters. The van der Waals surface area contributed by atoms with Crippen LogP contribution in [-0.2, 0) is 0 Å². The molecule has 4 aromatic carbocycles. The maximum Gasteiger partial charge on any atom is 0.530 e. The van der Waals surface area contributed by atoms with Crippen LogP contribution in [0.3, 0.4) is 0 Å². The van der Waals surface area contributed by atoms with Gasteiger partial charge in [-0.2, -0.15) is 0 Å². The molecule has 158 valence electrons. The highest BCUT2D eigenvalue weighted by Gasteiger charge is 2.19. The van der Waals surface area contributed by atoms with E-state index in [0.717, 1.165) is 0 Å². The summed E-state index contributed by atoms with van der Waals surface area (Å²) in [6, 6.07) is 35.3. The molecule has 0 atom stereocenters. The largest absolute Gasteiger partial charge is 0.530 e. The van der Waals surface area contributed by atoms with E-state index in [2.05, 4.69) is 0 Å². The van der Waals surface area contributed by atoms with Crippen molar-refractivity contribution in [2.45, 2.75) is 0 Å². The van der Waals surface area contributed by atoms with Crippen molar-refractivity contribution >= 4 is 8.60 Å². The van der Waals surface area contributed by atoms with Crippen molar-refractivity contribution in [3.63, 3.8) is 0 Å². The molecule has 0 radical (unpaired) electrons. The fourth-order valence-corrected chi connectivity index (χ4v) is 3.38. The van der Waals surface area contributed by atoms with Gasteiger partial charge in [0, 0.05) is 0 Å². The van der Waals surface area contributed by atoms with Gasteiger partial charge in [-0.05, 0) is 48.5 Å². The number of benzene rings is 4. The molecule has 0 spiro atoms. The van der Waals surface area contributed by atoms with Gasteiger partial charge < -0.3 is 23.4 Å². The molecular weight excluding hydrogens is 411 g/mol. The number of phenols is 1. The molecule has 0 saturated carbocycles. The average Bonchev–Trinajstić information content (AvgIpc) is 2.82. The molecule has 0 bridgehead atoms. The minimum atomic E-state index is -1.59. The van der Waals surface area contributed by atoms with E-state index in [1.165, 1.54) is 7.11 Å². The van der Waals surface area contributed by atoms with Crippen molar-refractivity contribution in [2.24, 2.45) is 0 Å². The zero-order valence-electron chi connectivity index (χ0n) is 17.0. The lowest BCUT2D eigenvalue weighted by Gasteiger charge is -2.17. The van der Waals surface area contributed by atoms with E-state index in [-0.39, 0.29) is 5.75 Å². The lowest BCUT2D eigenvalue weighted by atomic mass is 10.3. The molecule has 0 aliphatic carbocycles. The Hall–Kier alpha value is -3.69. The minimum absolute atomic E-state index is 0.181. The highest BCUT2D eigenvalue weighted by molar-refractivity contribution is 7.43. The molecule has 6 heteroatoms. The van der Waals surface area contributed by atoms with Crippen LogP contribution in [-0.4, -0.2) is 12.2 Å². The molecule has 1 N–H and O–H groups in total. The van der Waals surface area contributed by atoms with E-state index in [0.29, 0.717) is 23.0 Å². The first-order valence-corrected chi connectivity index (χ1v) is 10.7. The van der Waals surface area contributed by atoms with Gasteiger partial charge >= 0.3 is 8.60 Å². The quantitative estimate of drug-likeness (QED) is 0.322. The second-order valence-corrected chi connectivity index (χ2v) is 7.10. The number of hydrogen-bond donors (Lipinski definition) is 1. The Labute approximate surface area is 183 Å². The Morgan fingerprint density at radius 1 is 0.516 bits per heavy atom. The number of hydrogen-bond acceptors (Lipinski definition) is 5. The smallest absolute Gasteiger partial charge is 0.504 e. The number of ether oxygens (including phenoxy) is 1. The number of para-hydroxylation sites is 5. The molecule has 0 amide bonds. The van der Waals surface area contributed by atoms with Gasteiger partial charge in [-0.3, -0.25) is 0 Å². The summed E-state index contributed by atoms with van der Waals surface area (Å²) in [6.07, 6.45) is 0. The third kappa shape index (κ3) is 7.57. The second kappa shape index (κ2) is 12.1. The van der Waals surface area contributed by atoms with Gasteiger partial charge in [-0.15, -0.1) is 0 Å². The molecule has 0 heterocycles. The Balaban J connectivity index is 0.000000254. The predicted molar refractivity (Wildman–Crippen MR) is 123 cm³/mol. The number of methoxy groups -OCH3 is 1. The second-order valence-electron chi connectivity index (χ2n) is 6.11. The molecular formula is C25H23O5P. The van der Waals surface area contributed by atoms with Crippen molar-refractivity contribution in [1.29, 1.82) is 0 Å². The number of phenolic OH excluding ortho intramolecular Hbond substituents is 1. The summed E-state index contributed by atoms with van der Waals surface area (Å²) in [6.45, 7) is 0. The first-order chi connectivity index (χ1) is 15.2. The lowest BCUT2D eigenvalue weighted by molar-refractivity contribution is 0.373. The van der Waals surface area contributed by atoms with Gasteiger partial charge in [0.05, 0.1) is 7.11 Å². The van der Waals surface area contributed by atoms with Crippen molar-refractivity contribution in [2.75, 3.05) is 7.11 Å². The van der Waals surface area contributed by atoms with Crippen LogP contribution in [0.2, 0.25) is 0 Å². The van der Waals surface area contributed by atoms with Crippen molar-refractivity contribution in [1.82, 2.24) is 0 Å². The topological polar surface area (TPSA) is 57.2 Å². The standard InChI is InChI=1S/C18H15O3P.C7H8O2/c1-4-10-16(11-5-1)19-22(20-17-12-6-2-7-13-17)21-18-14-8-3-9-15-18;1-9-7-5-3-2-4-6(7)8/h1-15H;2-5,8H,1H3. The number of aromatic hydroxyl groups is 1. The summed E-state index contributed by atoms with van der Waals surface area (Å²) in [5.74, 6) is 2.82. The summed E-state index contributed by atoms with van der Waals surface area (Å²) in [5.41, 5.74) is 0. The molecule has 0 aliphatic rings. The normalized spacial score (nSPS) is 9.87. The predicted octanol–water partition coefficient (Wildman–Crippen LogP) is 6.85. The van der Waals surface area contributed by atoms with E-state index in [1.54, 1.807) is 24.3 Å². The van der Waals surface area contributed by atoms with E-state index in [9.17, 15) is 0 Å². The first-order valence-electron chi connectivity index (χ1n) is 9.56. The first kappa shape index (κ1) is 22.0. The van der Waals surface area contributed by atoms with Crippen molar-refractivity contribution in [3.8, 4) is 28.7 Å². The van der Waals surface area contributed by atoms with Crippen LogP contribution in [0, 0.1) is 0 Å². The van der Waals surface area contributed by atoms with Crippen LogP contribution in [0.4, 0.5) is 0 Å². The van der Waals surface area contributed by atoms with Crippen LogP contribution < -0.4 is 18.3 Å². The van der Waals surface area contributed by atoms with E-state index >= 15 is 0 Å². The molecule has 0 aliphatic heterocycles. The summed E-state index contributed by atoms with van der Waals surface area (Å²) in [4.78, 5) is 0. The highest BCUT2D eigenvalue weighted by Crippen LogP contribution is 2.41. The molecule has 0 aromatic heterocycles. The maximum absolute atomic E-state index is 8.99. The number of rotatable bonds is 7. The van der Waals surface area contributed by atoms with Gasteiger partial charge in [0.1, 0.15) is 17.2 Å². The monoisotopic (exact) mass is 434 g/mol. The van der Waals surface area contributed by atoms with Gasteiger partial charge in [0.25, 0.3) is 0 Å². The molecule has 0 saturated heterocycles. The summed E-state index contributed by atoms with van der Waals surface area (Å²) < 4.78 is 22.3. The van der Waals surface area contributed by atoms with Crippen molar-refractivity contribution < 1.29 is 23.4 Å². The molecule has 4 aromatic rings. The Bertz CT molecular complexity index is 915. The fourth-order valence-electron chi connectivity index (χ4n) is 2.39. The van der Waals surface area contributed by atoms with Crippen LogP contribution in [0.15, 0.2) is 115 Å². The minimum Gasteiger partial charge on any atom is -0.504 e. The summed E-state index contributed by atoms with van der Waals surface area (Å²) >= 11 is 0. The molecule has 31 heavy (non-hydrogen) atoms. The average molecular weight is 434 g/mol. The van der Waals surface area contributed by atoms with Crippen LogP contribution in [0.5, 0.6) is 28.7 Å². The maximum atomic E-state index is 8.99. The van der Waals surface area contributed by atoms with Gasteiger partial charge in [0.15, 0.2) is 11.5 Å². The summed E-state index contributed by atoms with van der Waals surface area (Å²) in [5, 5.41) is 8.99. The molecule has 0 fully saturated rings.